The van der Waals surface area contributed by atoms with E-state index in [9.17, 15) is 4.79 Å². The number of rotatable bonds is 2. The van der Waals surface area contributed by atoms with Crippen LogP contribution in [-0.2, 0) is 11.3 Å². The Morgan fingerprint density at radius 1 is 1.35 bits per heavy atom. The lowest BCUT2D eigenvalue weighted by Crippen LogP contribution is -2.23. The van der Waals surface area contributed by atoms with Gasteiger partial charge in [-0.25, -0.2) is 4.79 Å². The van der Waals surface area contributed by atoms with Crippen molar-refractivity contribution in [2.45, 2.75) is 44.4 Å². The molecule has 0 bridgehead atoms. The molecule has 1 aromatic heterocycles. The molecule has 2 aromatic rings. The number of oxazole rings is 1. The largest absolute Gasteiger partial charge is 0.420 e. The summed E-state index contributed by atoms with van der Waals surface area (Å²) < 4.78 is 13.0. The van der Waals surface area contributed by atoms with Crippen LogP contribution in [0.4, 0.5) is 0 Å². The number of fused-ring (bicyclic) bond motifs is 2. The van der Waals surface area contributed by atoms with E-state index in [0.29, 0.717) is 29.2 Å². The molecule has 20 heavy (non-hydrogen) atoms. The van der Waals surface area contributed by atoms with Gasteiger partial charge < -0.3 is 9.15 Å². The molecule has 1 saturated carbocycles. The highest BCUT2D eigenvalue weighted by Gasteiger charge is 2.38. The average molecular weight is 294 g/mol. The zero-order chi connectivity index (χ0) is 13.7. The third-order valence-corrected chi connectivity index (χ3v) is 4.77. The number of hydrogen-bond acceptors (Lipinski definition) is 3. The van der Waals surface area contributed by atoms with Crippen LogP contribution in [0.15, 0.2) is 27.4 Å². The fourth-order valence-electron chi connectivity index (χ4n) is 3.63. The van der Waals surface area contributed by atoms with Crippen molar-refractivity contribution < 1.29 is 9.15 Å². The van der Waals surface area contributed by atoms with E-state index >= 15 is 0 Å². The first-order valence-corrected chi connectivity index (χ1v) is 7.53. The van der Waals surface area contributed by atoms with Crippen molar-refractivity contribution in [3.8, 4) is 0 Å². The maximum absolute atomic E-state index is 12.0. The molecule has 0 spiro atoms. The smallest absolute Gasteiger partial charge is 0.408 e. The maximum atomic E-state index is 12.0. The molecule has 5 heteroatoms. The van der Waals surface area contributed by atoms with Gasteiger partial charge in [0, 0.05) is 11.1 Å². The van der Waals surface area contributed by atoms with Crippen LogP contribution < -0.4 is 5.76 Å². The van der Waals surface area contributed by atoms with E-state index in [0.717, 1.165) is 18.4 Å². The Hall–Kier alpha value is -1.26. The minimum Gasteiger partial charge on any atom is -0.408 e. The van der Waals surface area contributed by atoms with Crippen LogP contribution in [0.25, 0.3) is 11.1 Å². The van der Waals surface area contributed by atoms with Crippen molar-refractivity contribution in [3.63, 3.8) is 0 Å². The number of hydrogen-bond donors (Lipinski definition) is 0. The number of aromatic nitrogens is 1. The van der Waals surface area contributed by atoms with Crippen molar-refractivity contribution in [3.05, 3.63) is 33.8 Å². The monoisotopic (exact) mass is 293 g/mol. The lowest BCUT2D eigenvalue weighted by atomic mass is 10.0. The lowest BCUT2D eigenvalue weighted by molar-refractivity contribution is 0.0317. The molecule has 2 heterocycles. The highest BCUT2D eigenvalue weighted by Crippen LogP contribution is 2.39. The van der Waals surface area contributed by atoms with Gasteiger partial charge in [0.1, 0.15) is 0 Å². The van der Waals surface area contributed by atoms with Crippen molar-refractivity contribution in [2.24, 2.45) is 5.92 Å². The molecule has 0 N–H and O–H groups in total. The molecule has 4 rings (SSSR count). The van der Waals surface area contributed by atoms with E-state index in [-0.39, 0.29) is 11.9 Å². The Morgan fingerprint density at radius 2 is 2.25 bits per heavy atom. The lowest BCUT2D eigenvalue weighted by Gasteiger charge is -2.12. The van der Waals surface area contributed by atoms with Gasteiger partial charge in [0.05, 0.1) is 24.3 Å². The SMILES string of the molecule is O=c1oc2cc(Cl)ccc2n1CC1CC2CCCC2O1. The van der Waals surface area contributed by atoms with Crippen LogP contribution >= 0.6 is 11.6 Å². The van der Waals surface area contributed by atoms with Gasteiger partial charge in [0.2, 0.25) is 0 Å². The summed E-state index contributed by atoms with van der Waals surface area (Å²) in [5.41, 5.74) is 1.33. The molecule has 1 aliphatic heterocycles. The van der Waals surface area contributed by atoms with Crippen LogP contribution in [-0.4, -0.2) is 16.8 Å². The summed E-state index contributed by atoms with van der Waals surface area (Å²) in [7, 11) is 0. The molecule has 3 atom stereocenters. The zero-order valence-corrected chi connectivity index (χ0v) is 11.8. The van der Waals surface area contributed by atoms with Gasteiger partial charge >= 0.3 is 5.76 Å². The molecule has 2 aliphatic rings. The van der Waals surface area contributed by atoms with Gasteiger partial charge in [-0.2, -0.15) is 0 Å². The van der Waals surface area contributed by atoms with Crippen LogP contribution in [0, 0.1) is 5.92 Å². The van der Waals surface area contributed by atoms with Crippen LogP contribution in [0.1, 0.15) is 25.7 Å². The molecular formula is C15H16ClNO3. The fraction of sp³-hybridized carbons (Fsp3) is 0.533. The first kappa shape index (κ1) is 12.5. The molecule has 4 nitrogen and oxygen atoms in total. The molecule has 3 unspecified atom stereocenters. The van der Waals surface area contributed by atoms with Gasteiger partial charge in [-0.15, -0.1) is 0 Å². The normalized spacial score (nSPS) is 29.1. The van der Waals surface area contributed by atoms with Gasteiger partial charge in [-0.1, -0.05) is 18.0 Å². The molecule has 1 saturated heterocycles. The Morgan fingerprint density at radius 3 is 3.10 bits per heavy atom. The number of halogens is 1. The Labute approximate surface area is 121 Å². The van der Waals surface area contributed by atoms with Crippen molar-refractivity contribution >= 4 is 22.7 Å². The third-order valence-electron chi connectivity index (χ3n) is 4.54. The summed E-state index contributed by atoms with van der Waals surface area (Å²) in [6.07, 6.45) is 5.28. The highest BCUT2D eigenvalue weighted by atomic mass is 35.5. The van der Waals surface area contributed by atoms with Crippen molar-refractivity contribution in [2.75, 3.05) is 0 Å². The second-order valence-electron chi connectivity index (χ2n) is 5.81. The van der Waals surface area contributed by atoms with E-state index in [2.05, 4.69) is 0 Å². The van der Waals surface area contributed by atoms with Crippen LogP contribution in [0.2, 0.25) is 5.02 Å². The summed E-state index contributed by atoms with van der Waals surface area (Å²) in [6.45, 7) is 0.570. The number of benzene rings is 1. The van der Waals surface area contributed by atoms with E-state index in [1.807, 2.05) is 6.07 Å². The Balaban J connectivity index is 1.63. The molecule has 106 valence electrons. The number of ether oxygens (including phenoxy) is 1. The highest BCUT2D eigenvalue weighted by molar-refractivity contribution is 6.31. The Bertz CT molecular complexity index is 693. The minimum absolute atomic E-state index is 0.125. The first-order chi connectivity index (χ1) is 9.70. The van der Waals surface area contributed by atoms with Crippen LogP contribution in [0.3, 0.4) is 0 Å². The summed E-state index contributed by atoms with van der Waals surface area (Å²) >= 11 is 5.92. The van der Waals surface area contributed by atoms with Gasteiger partial charge in [0.15, 0.2) is 5.58 Å². The molecule has 0 amide bonds. The summed E-state index contributed by atoms with van der Waals surface area (Å²) in [4.78, 5) is 12.0. The van der Waals surface area contributed by atoms with E-state index < -0.39 is 0 Å². The number of nitrogens with zero attached hydrogens (tertiary/aromatic N) is 1. The van der Waals surface area contributed by atoms with E-state index in [1.54, 1.807) is 16.7 Å². The predicted molar refractivity (Wildman–Crippen MR) is 76.1 cm³/mol. The second kappa shape index (κ2) is 4.64. The minimum atomic E-state index is -0.331. The molecule has 2 fully saturated rings. The maximum Gasteiger partial charge on any atom is 0.420 e. The van der Waals surface area contributed by atoms with Crippen LogP contribution in [0.5, 0.6) is 0 Å². The summed E-state index contributed by atoms with van der Waals surface area (Å²) in [5.74, 6) is 0.353. The van der Waals surface area contributed by atoms with Gasteiger partial charge in [0.25, 0.3) is 0 Å². The molecular weight excluding hydrogens is 278 g/mol. The summed E-state index contributed by atoms with van der Waals surface area (Å²) in [5, 5.41) is 0.574. The average Bonchev–Trinajstić information content (AvgIpc) is 3.04. The molecule has 1 aliphatic carbocycles. The van der Waals surface area contributed by atoms with Crippen molar-refractivity contribution in [1.82, 2.24) is 4.57 Å². The predicted octanol–water partition coefficient (Wildman–Crippen LogP) is 3.21. The van der Waals surface area contributed by atoms with Gasteiger partial charge in [-0.05, 0) is 37.3 Å². The zero-order valence-electron chi connectivity index (χ0n) is 11.0. The van der Waals surface area contributed by atoms with Crippen molar-refractivity contribution in [1.29, 1.82) is 0 Å². The third kappa shape index (κ3) is 1.98. The quantitative estimate of drug-likeness (QED) is 0.854. The Kier molecular flexibility index (Phi) is 2.89. The molecule has 0 radical (unpaired) electrons. The fourth-order valence-corrected chi connectivity index (χ4v) is 3.79. The topological polar surface area (TPSA) is 44.4 Å². The summed E-state index contributed by atoms with van der Waals surface area (Å²) in [6, 6.07) is 5.29. The first-order valence-electron chi connectivity index (χ1n) is 7.15. The molecule has 1 aromatic carbocycles. The van der Waals surface area contributed by atoms with Gasteiger partial charge in [-0.3, -0.25) is 4.57 Å². The second-order valence-corrected chi connectivity index (χ2v) is 6.25. The standard InChI is InChI=1S/C15H16ClNO3/c16-10-4-5-12-14(7-10)20-15(18)17(12)8-11-6-9-2-1-3-13(9)19-11/h4-5,7,9,11,13H,1-3,6,8H2. The van der Waals surface area contributed by atoms with E-state index in [4.69, 9.17) is 20.8 Å². The van der Waals surface area contributed by atoms with E-state index in [1.165, 1.54) is 12.8 Å².